The van der Waals surface area contributed by atoms with Crippen molar-refractivity contribution in [2.24, 2.45) is 5.92 Å². The Kier molecular flexibility index (Phi) is 5.91. The summed E-state index contributed by atoms with van der Waals surface area (Å²) in [7, 11) is 0. The Morgan fingerprint density at radius 2 is 1.88 bits per heavy atom. The Bertz CT molecular complexity index is 1340. The zero-order valence-electron chi connectivity index (χ0n) is 19.4. The van der Waals surface area contributed by atoms with E-state index >= 15 is 0 Å². The highest BCUT2D eigenvalue weighted by molar-refractivity contribution is 7.13. The second-order valence-corrected chi connectivity index (χ2v) is 9.98. The summed E-state index contributed by atoms with van der Waals surface area (Å²) >= 11 is 1.59. The maximum absolute atomic E-state index is 13.4. The molecule has 1 aromatic carbocycles. The van der Waals surface area contributed by atoms with Gasteiger partial charge in [0.15, 0.2) is 5.65 Å². The minimum Gasteiger partial charge on any atom is -0.345 e. The van der Waals surface area contributed by atoms with Gasteiger partial charge in [0.2, 0.25) is 5.91 Å². The smallest absolute Gasteiger partial charge is 0.252 e. The summed E-state index contributed by atoms with van der Waals surface area (Å²) in [5, 5.41) is 13.3. The molecule has 1 atom stereocenters. The SMILES string of the molecule is CC(NC(=O)c1cc(-c2cccs2)nc2c1cnn2C(C)C)c1ccc(NC(=O)C2CC2)cc1. The maximum atomic E-state index is 13.4. The monoisotopic (exact) mass is 473 g/mol. The third-order valence-corrected chi connectivity index (χ3v) is 6.94. The van der Waals surface area contributed by atoms with Crippen LogP contribution >= 0.6 is 11.3 Å². The van der Waals surface area contributed by atoms with Crippen molar-refractivity contribution in [2.75, 3.05) is 5.32 Å². The van der Waals surface area contributed by atoms with Gasteiger partial charge in [0, 0.05) is 17.6 Å². The molecular weight excluding hydrogens is 446 g/mol. The molecule has 3 heterocycles. The van der Waals surface area contributed by atoms with E-state index in [9.17, 15) is 9.59 Å². The van der Waals surface area contributed by atoms with Gasteiger partial charge in [0.1, 0.15) is 0 Å². The van der Waals surface area contributed by atoms with Crippen LogP contribution in [0.5, 0.6) is 0 Å². The number of hydrogen-bond acceptors (Lipinski definition) is 5. The number of anilines is 1. The summed E-state index contributed by atoms with van der Waals surface area (Å²) in [4.78, 5) is 31.2. The van der Waals surface area contributed by atoms with Crippen LogP contribution in [0.2, 0.25) is 0 Å². The van der Waals surface area contributed by atoms with Crippen molar-refractivity contribution in [3.63, 3.8) is 0 Å². The summed E-state index contributed by atoms with van der Waals surface area (Å²) in [6.07, 6.45) is 3.66. The van der Waals surface area contributed by atoms with Crippen molar-refractivity contribution in [1.29, 1.82) is 0 Å². The minimum atomic E-state index is -0.214. The first-order valence-electron chi connectivity index (χ1n) is 11.5. The molecule has 1 unspecified atom stereocenters. The number of aromatic nitrogens is 3. The molecule has 0 radical (unpaired) electrons. The van der Waals surface area contributed by atoms with Gasteiger partial charge in [-0.2, -0.15) is 5.10 Å². The number of benzene rings is 1. The molecule has 3 aromatic heterocycles. The van der Waals surface area contributed by atoms with Crippen molar-refractivity contribution in [3.8, 4) is 10.6 Å². The van der Waals surface area contributed by atoms with Gasteiger partial charge in [-0.15, -0.1) is 11.3 Å². The van der Waals surface area contributed by atoms with Crippen molar-refractivity contribution >= 4 is 39.9 Å². The Morgan fingerprint density at radius 1 is 1.12 bits per heavy atom. The fourth-order valence-corrected chi connectivity index (χ4v) is 4.62. The van der Waals surface area contributed by atoms with Crippen LogP contribution in [0.4, 0.5) is 5.69 Å². The maximum Gasteiger partial charge on any atom is 0.252 e. The van der Waals surface area contributed by atoms with Crippen LogP contribution in [0.25, 0.3) is 21.6 Å². The van der Waals surface area contributed by atoms with Gasteiger partial charge in [0.05, 0.1) is 33.8 Å². The first-order valence-corrected chi connectivity index (χ1v) is 12.4. The second-order valence-electron chi connectivity index (χ2n) is 9.03. The van der Waals surface area contributed by atoms with Crippen molar-refractivity contribution < 1.29 is 9.59 Å². The lowest BCUT2D eigenvalue weighted by atomic mass is 10.1. The molecule has 2 amide bonds. The van der Waals surface area contributed by atoms with E-state index < -0.39 is 0 Å². The highest BCUT2D eigenvalue weighted by Gasteiger charge is 2.29. The number of thiophene rings is 1. The first-order chi connectivity index (χ1) is 16.4. The van der Waals surface area contributed by atoms with Crippen molar-refractivity contribution in [2.45, 2.75) is 45.7 Å². The van der Waals surface area contributed by atoms with E-state index in [2.05, 4.69) is 15.7 Å². The first kappa shape index (κ1) is 22.3. The molecule has 0 saturated heterocycles. The number of nitrogens with one attached hydrogen (secondary N) is 2. The van der Waals surface area contributed by atoms with Crippen molar-refractivity contribution in [1.82, 2.24) is 20.1 Å². The van der Waals surface area contributed by atoms with Crippen molar-refractivity contribution in [3.05, 3.63) is 65.2 Å². The molecule has 7 nitrogen and oxygen atoms in total. The van der Waals surface area contributed by atoms with E-state index in [1.54, 1.807) is 17.5 Å². The Morgan fingerprint density at radius 3 is 2.53 bits per heavy atom. The van der Waals surface area contributed by atoms with Gasteiger partial charge in [-0.25, -0.2) is 9.67 Å². The van der Waals surface area contributed by atoms with Gasteiger partial charge < -0.3 is 10.6 Å². The van der Waals surface area contributed by atoms with Crippen LogP contribution in [0.1, 0.15) is 61.6 Å². The molecule has 0 bridgehead atoms. The highest BCUT2D eigenvalue weighted by Crippen LogP contribution is 2.31. The average molecular weight is 474 g/mol. The van der Waals surface area contributed by atoms with Gasteiger partial charge >= 0.3 is 0 Å². The van der Waals surface area contributed by atoms with E-state index in [0.29, 0.717) is 11.2 Å². The van der Waals surface area contributed by atoms with Crippen LogP contribution in [0.3, 0.4) is 0 Å². The summed E-state index contributed by atoms with van der Waals surface area (Å²) in [6.45, 7) is 6.04. The van der Waals surface area contributed by atoms with Crippen LogP contribution in [-0.4, -0.2) is 26.6 Å². The molecule has 174 valence electrons. The minimum absolute atomic E-state index is 0.0827. The van der Waals surface area contributed by atoms with Crippen LogP contribution in [0.15, 0.2) is 54.0 Å². The summed E-state index contributed by atoms with van der Waals surface area (Å²) in [5.74, 6) is 0.0700. The lowest BCUT2D eigenvalue weighted by Gasteiger charge is -2.16. The van der Waals surface area contributed by atoms with E-state index in [1.165, 1.54) is 0 Å². The number of pyridine rings is 1. The predicted molar refractivity (Wildman–Crippen MR) is 135 cm³/mol. The topological polar surface area (TPSA) is 88.9 Å². The number of carbonyl (C=O) groups excluding carboxylic acids is 2. The molecule has 5 rings (SSSR count). The Hall–Kier alpha value is -3.52. The number of hydrogen-bond donors (Lipinski definition) is 2. The normalized spacial score (nSPS) is 14.4. The number of amides is 2. The molecule has 1 aliphatic carbocycles. The highest BCUT2D eigenvalue weighted by atomic mass is 32.1. The molecule has 4 aromatic rings. The molecule has 1 saturated carbocycles. The molecule has 2 N–H and O–H groups in total. The Balaban J connectivity index is 1.40. The van der Waals surface area contributed by atoms with E-state index in [-0.39, 0.29) is 29.8 Å². The molecule has 0 aliphatic heterocycles. The van der Waals surface area contributed by atoms with Crippen LogP contribution in [0, 0.1) is 5.92 Å². The third-order valence-electron chi connectivity index (χ3n) is 6.05. The number of rotatable bonds is 7. The zero-order chi connectivity index (χ0) is 23.8. The lowest BCUT2D eigenvalue weighted by Crippen LogP contribution is -2.27. The summed E-state index contributed by atoms with van der Waals surface area (Å²) in [5.41, 5.74) is 3.75. The van der Waals surface area contributed by atoms with E-state index in [4.69, 9.17) is 4.98 Å². The van der Waals surface area contributed by atoms with Crippen LogP contribution in [-0.2, 0) is 4.79 Å². The standard InChI is InChI=1S/C26H27N5O2S/c1-15(2)31-24-21(14-27-31)20(13-22(30-24)23-5-4-12-34-23)26(33)28-16(3)17-8-10-19(11-9-17)29-25(32)18-6-7-18/h4-5,8-16,18H,6-7H2,1-3H3,(H,28,33)(H,29,32). The summed E-state index contributed by atoms with van der Waals surface area (Å²) in [6, 6.07) is 13.4. The molecule has 1 aliphatic rings. The van der Waals surface area contributed by atoms with E-state index in [0.717, 1.165) is 40.0 Å². The van der Waals surface area contributed by atoms with Crippen LogP contribution < -0.4 is 10.6 Å². The average Bonchev–Trinajstić information content (AvgIpc) is 3.35. The largest absolute Gasteiger partial charge is 0.345 e. The molecule has 0 spiro atoms. The fourth-order valence-electron chi connectivity index (χ4n) is 3.94. The van der Waals surface area contributed by atoms with Gasteiger partial charge in [-0.3, -0.25) is 9.59 Å². The molecule has 34 heavy (non-hydrogen) atoms. The Labute approximate surface area is 202 Å². The third kappa shape index (κ3) is 4.46. The van der Waals surface area contributed by atoms with Gasteiger partial charge in [0.25, 0.3) is 5.91 Å². The molecular formula is C26H27N5O2S. The molecule has 8 heteroatoms. The summed E-state index contributed by atoms with van der Waals surface area (Å²) < 4.78 is 1.85. The fraction of sp³-hybridized carbons (Fsp3) is 0.308. The number of carbonyl (C=O) groups is 2. The van der Waals surface area contributed by atoms with Gasteiger partial charge in [-0.1, -0.05) is 18.2 Å². The lowest BCUT2D eigenvalue weighted by molar-refractivity contribution is -0.117. The van der Waals surface area contributed by atoms with E-state index in [1.807, 2.05) is 73.3 Å². The van der Waals surface area contributed by atoms with Gasteiger partial charge in [-0.05, 0) is 68.8 Å². The molecule has 1 fully saturated rings. The number of fused-ring (bicyclic) bond motifs is 1. The number of nitrogens with zero attached hydrogens (tertiary/aromatic N) is 3. The zero-order valence-corrected chi connectivity index (χ0v) is 20.2. The predicted octanol–water partition coefficient (Wildman–Crippen LogP) is 5.58. The second kappa shape index (κ2) is 9.02. The quantitative estimate of drug-likeness (QED) is 0.367.